The average Bonchev–Trinajstić information content (AvgIpc) is 3.32. The summed E-state index contributed by atoms with van der Waals surface area (Å²) in [6.07, 6.45) is 0. The van der Waals surface area contributed by atoms with Crippen LogP contribution in [0.25, 0.3) is 11.3 Å². The number of carbonyl (C=O) groups is 1. The fourth-order valence-corrected chi connectivity index (χ4v) is 4.23. The molecule has 3 aromatic rings. The lowest BCUT2D eigenvalue weighted by Gasteiger charge is -2.28. The quantitative estimate of drug-likeness (QED) is 0.409. The average molecular weight is 471 g/mol. The summed E-state index contributed by atoms with van der Waals surface area (Å²) in [6.45, 7) is 2.12. The van der Waals surface area contributed by atoms with Crippen LogP contribution in [0.2, 0.25) is 0 Å². The number of nitro groups is 1. The number of thiazole rings is 1. The van der Waals surface area contributed by atoms with Crippen LogP contribution in [0.4, 0.5) is 16.5 Å². The molecular formula is C22H22N4O6S. The highest BCUT2D eigenvalue weighted by Crippen LogP contribution is 2.35. The van der Waals surface area contributed by atoms with Crippen LogP contribution < -0.4 is 19.7 Å². The fraction of sp³-hybridized carbons (Fsp3) is 0.273. The van der Waals surface area contributed by atoms with Crippen LogP contribution in [-0.4, -0.2) is 56.3 Å². The summed E-state index contributed by atoms with van der Waals surface area (Å²) in [5, 5.41) is 16.5. The molecule has 0 radical (unpaired) electrons. The number of aromatic nitrogens is 1. The number of methoxy groups -OCH3 is 2. The molecule has 11 heteroatoms. The zero-order valence-corrected chi connectivity index (χ0v) is 18.9. The maximum absolute atomic E-state index is 12.8. The molecule has 1 fully saturated rings. The summed E-state index contributed by atoms with van der Waals surface area (Å²) < 4.78 is 16.0. The van der Waals surface area contributed by atoms with E-state index in [9.17, 15) is 14.9 Å². The number of nitro benzene ring substituents is 1. The minimum Gasteiger partial charge on any atom is -0.497 e. The van der Waals surface area contributed by atoms with Crippen molar-refractivity contribution in [2.24, 2.45) is 0 Å². The molecule has 2 aromatic carbocycles. The first kappa shape index (κ1) is 22.5. The van der Waals surface area contributed by atoms with Crippen molar-refractivity contribution in [2.75, 3.05) is 50.7 Å². The number of carbonyl (C=O) groups excluding carboxylic acids is 1. The maximum Gasteiger partial charge on any atom is 0.293 e. The lowest BCUT2D eigenvalue weighted by atomic mass is 10.1. The number of amides is 1. The standard InChI is InChI=1S/C22H22N4O6S/c1-30-15-4-6-20(31-2)16(12-15)17-13-33-22(23-17)24-21(27)14-3-5-18(19(11-14)26(28)29)25-7-9-32-10-8-25/h3-6,11-13H,7-10H2,1-2H3,(H,23,24,27). The van der Waals surface area contributed by atoms with E-state index < -0.39 is 10.8 Å². The second kappa shape index (κ2) is 9.84. The molecule has 10 nitrogen and oxygen atoms in total. The van der Waals surface area contributed by atoms with Crippen molar-refractivity contribution in [3.05, 3.63) is 57.5 Å². The van der Waals surface area contributed by atoms with Crippen LogP contribution in [0, 0.1) is 10.1 Å². The summed E-state index contributed by atoms with van der Waals surface area (Å²) in [4.78, 5) is 30.3. The molecule has 33 heavy (non-hydrogen) atoms. The molecule has 1 amide bonds. The molecule has 0 spiro atoms. The van der Waals surface area contributed by atoms with E-state index in [2.05, 4.69) is 10.3 Å². The molecule has 0 aliphatic carbocycles. The summed E-state index contributed by atoms with van der Waals surface area (Å²) >= 11 is 1.24. The van der Waals surface area contributed by atoms with Gasteiger partial charge in [0.15, 0.2) is 5.13 Å². The number of hydrogen-bond donors (Lipinski definition) is 1. The Kier molecular flexibility index (Phi) is 6.71. The van der Waals surface area contributed by atoms with Gasteiger partial charge in [-0.25, -0.2) is 4.98 Å². The van der Waals surface area contributed by atoms with Crippen molar-refractivity contribution >= 4 is 33.8 Å². The van der Waals surface area contributed by atoms with E-state index in [0.29, 0.717) is 54.3 Å². The molecule has 1 aromatic heterocycles. The first-order valence-electron chi connectivity index (χ1n) is 10.1. The molecule has 0 saturated carbocycles. The van der Waals surface area contributed by atoms with Gasteiger partial charge in [0.2, 0.25) is 0 Å². The third kappa shape index (κ3) is 4.89. The zero-order valence-electron chi connectivity index (χ0n) is 18.1. The number of anilines is 2. The molecular weight excluding hydrogens is 448 g/mol. The van der Waals surface area contributed by atoms with Crippen LogP contribution >= 0.6 is 11.3 Å². The smallest absolute Gasteiger partial charge is 0.293 e. The van der Waals surface area contributed by atoms with E-state index in [1.165, 1.54) is 17.4 Å². The predicted octanol–water partition coefficient (Wildman–Crippen LogP) is 3.82. The van der Waals surface area contributed by atoms with Gasteiger partial charge in [-0.1, -0.05) is 0 Å². The Bertz CT molecular complexity index is 1180. The number of hydrogen-bond acceptors (Lipinski definition) is 9. The Morgan fingerprint density at radius 3 is 2.67 bits per heavy atom. The van der Waals surface area contributed by atoms with E-state index in [-0.39, 0.29) is 11.3 Å². The van der Waals surface area contributed by atoms with Gasteiger partial charge in [-0.2, -0.15) is 0 Å². The van der Waals surface area contributed by atoms with E-state index in [4.69, 9.17) is 14.2 Å². The normalized spacial score (nSPS) is 13.5. The Labute approximate surface area is 193 Å². The van der Waals surface area contributed by atoms with Gasteiger partial charge in [0, 0.05) is 35.7 Å². The van der Waals surface area contributed by atoms with Crippen molar-refractivity contribution in [2.45, 2.75) is 0 Å². The number of morpholine rings is 1. The van der Waals surface area contributed by atoms with Crippen LogP contribution in [0.5, 0.6) is 11.5 Å². The molecule has 0 bridgehead atoms. The van der Waals surface area contributed by atoms with E-state index >= 15 is 0 Å². The molecule has 1 N–H and O–H groups in total. The zero-order chi connectivity index (χ0) is 23.4. The fourth-order valence-electron chi connectivity index (χ4n) is 3.52. The summed E-state index contributed by atoms with van der Waals surface area (Å²) in [6, 6.07) is 9.83. The summed E-state index contributed by atoms with van der Waals surface area (Å²) in [7, 11) is 3.13. The number of rotatable bonds is 7. The first-order chi connectivity index (χ1) is 16.0. The summed E-state index contributed by atoms with van der Waals surface area (Å²) in [5.41, 5.74) is 1.86. The van der Waals surface area contributed by atoms with Crippen molar-refractivity contribution < 1.29 is 23.9 Å². The Hall–Kier alpha value is -3.70. The van der Waals surface area contributed by atoms with E-state index in [1.807, 2.05) is 4.90 Å². The van der Waals surface area contributed by atoms with Crippen molar-refractivity contribution in [3.8, 4) is 22.8 Å². The molecule has 4 rings (SSSR count). The van der Waals surface area contributed by atoms with Crippen LogP contribution in [-0.2, 0) is 4.74 Å². The van der Waals surface area contributed by atoms with Crippen molar-refractivity contribution in [3.63, 3.8) is 0 Å². The number of benzene rings is 2. The Morgan fingerprint density at radius 1 is 1.18 bits per heavy atom. The van der Waals surface area contributed by atoms with Gasteiger partial charge >= 0.3 is 0 Å². The van der Waals surface area contributed by atoms with Gasteiger partial charge in [0.25, 0.3) is 11.6 Å². The lowest BCUT2D eigenvalue weighted by Crippen LogP contribution is -2.36. The van der Waals surface area contributed by atoms with E-state index in [0.717, 1.165) is 5.56 Å². The molecule has 1 aliphatic rings. The molecule has 1 aliphatic heterocycles. The van der Waals surface area contributed by atoms with Gasteiger partial charge < -0.3 is 19.1 Å². The predicted molar refractivity (Wildman–Crippen MR) is 125 cm³/mol. The number of nitrogens with one attached hydrogen (secondary N) is 1. The van der Waals surface area contributed by atoms with Gasteiger partial charge in [-0.05, 0) is 30.3 Å². The van der Waals surface area contributed by atoms with Crippen molar-refractivity contribution in [1.29, 1.82) is 0 Å². The number of nitrogens with zero attached hydrogens (tertiary/aromatic N) is 3. The minimum atomic E-state index is -0.481. The molecule has 0 unspecified atom stereocenters. The van der Waals surface area contributed by atoms with Gasteiger partial charge in [0.1, 0.15) is 17.2 Å². The minimum absolute atomic E-state index is 0.120. The molecule has 1 saturated heterocycles. The SMILES string of the molecule is COc1ccc(OC)c(-c2csc(NC(=O)c3ccc(N4CCOCC4)c([N+](=O)[O-])c3)n2)c1. The topological polar surface area (TPSA) is 116 Å². The third-order valence-corrected chi connectivity index (χ3v) is 5.95. The highest BCUT2D eigenvalue weighted by atomic mass is 32.1. The molecule has 2 heterocycles. The highest BCUT2D eigenvalue weighted by Gasteiger charge is 2.24. The van der Waals surface area contributed by atoms with Gasteiger partial charge in [-0.3, -0.25) is 20.2 Å². The largest absolute Gasteiger partial charge is 0.497 e. The van der Waals surface area contributed by atoms with Crippen molar-refractivity contribution in [1.82, 2.24) is 4.98 Å². The van der Waals surface area contributed by atoms with Gasteiger partial charge in [0.05, 0.1) is 38.1 Å². The molecule has 0 atom stereocenters. The Balaban J connectivity index is 1.55. The van der Waals surface area contributed by atoms with Crippen LogP contribution in [0.1, 0.15) is 10.4 Å². The third-order valence-electron chi connectivity index (χ3n) is 5.19. The second-order valence-electron chi connectivity index (χ2n) is 7.12. The monoisotopic (exact) mass is 470 g/mol. The molecule has 172 valence electrons. The van der Waals surface area contributed by atoms with Crippen LogP contribution in [0.3, 0.4) is 0 Å². The van der Waals surface area contributed by atoms with E-state index in [1.54, 1.807) is 49.9 Å². The lowest BCUT2D eigenvalue weighted by molar-refractivity contribution is -0.384. The van der Waals surface area contributed by atoms with Crippen LogP contribution in [0.15, 0.2) is 41.8 Å². The van der Waals surface area contributed by atoms with Gasteiger partial charge in [-0.15, -0.1) is 11.3 Å². The maximum atomic E-state index is 12.8. The Morgan fingerprint density at radius 2 is 1.97 bits per heavy atom. The first-order valence-corrected chi connectivity index (χ1v) is 11.0. The summed E-state index contributed by atoms with van der Waals surface area (Å²) in [5.74, 6) is 0.787. The number of ether oxygens (including phenoxy) is 3. The highest BCUT2D eigenvalue weighted by molar-refractivity contribution is 7.14. The second-order valence-corrected chi connectivity index (χ2v) is 7.98.